The third-order valence-corrected chi connectivity index (χ3v) is 7.27. The summed E-state index contributed by atoms with van der Waals surface area (Å²) < 4.78 is 93.1. The van der Waals surface area contributed by atoms with E-state index in [1.165, 1.54) is 25.6 Å². The molecule has 302 valence electrons. The van der Waals surface area contributed by atoms with Gasteiger partial charge in [-0.05, 0) is 74.1 Å². The Labute approximate surface area is 319 Å². The van der Waals surface area contributed by atoms with Crippen molar-refractivity contribution in [1.29, 1.82) is 0 Å². The van der Waals surface area contributed by atoms with Gasteiger partial charge in [0, 0.05) is 31.0 Å². The van der Waals surface area contributed by atoms with Crippen LogP contribution in [-0.4, -0.2) is 67.4 Å². The smallest absolute Gasteiger partial charge is 0.457 e. The number of alkyl halides is 6. The first-order valence-electron chi connectivity index (χ1n) is 17.2. The van der Waals surface area contributed by atoms with Gasteiger partial charge >= 0.3 is 18.3 Å². The molecule has 1 heterocycles. The molecular formula is C40H49F6N3O6. The molecule has 0 aliphatic rings. The van der Waals surface area contributed by atoms with Crippen LogP contribution < -0.4 is 23.8 Å². The quantitative estimate of drug-likeness (QED) is 0.0620. The van der Waals surface area contributed by atoms with Gasteiger partial charge in [-0.1, -0.05) is 44.2 Å². The molecule has 3 aromatic rings. The van der Waals surface area contributed by atoms with Gasteiger partial charge in [-0.2, -0.15) is 26.3 Å². The van der Waals surface area contributed by atoms with E-state index in [1.807, 2.05) is 57.2 Å². The van der Waals surface area contributed by atoms with E-state index in [4.69, 9.17) is 24.1 Å². The van der Waals surface area contributed by atoms with Crippen molar-refractivity contribution < 1.29 is 55.2 Å². The van der Waals surface area contributed by atoms with Crippen LogP contribution in [0.3, 0.4) is 0 Å². The fourth-order valence-corrected chi connectivity index (χ4v) is 4.51. The lowest BCUT2D eigenvalue weighted by atomic mass is 9.93. The maximum Gasteiger partial charge on any atom is 0.457 e. The molecule has 0 saturated heterocycles. The molecule has 0 bridgehead atoms. The summed E-state index contributed by atoms with van der Waals surface area (Å²) in [7, 11) is 3.13. The Morgan fingerprint density at radius 3 is 2.04 bits per heavy atom. The predicted molar refractivity (Wildman–Crippen MR) is 201 cm³/mol. The average Bonchev–Trinajstić information content (AvgIpc) is 3.14. The van der Waals surface area contributed by atoms with Gasteiger partial charge in [-0.25, -0.2) is 9.97 Å². The zero-order valence-corrected chi connectivity index (χ0v) is 32.1. The highest BCUT2D eigenvalue weighted by molar-refractivity contribution is 5.77. The second-order valence-electron chi connectivity index (χ2n) is 11.8. The lowest BCUT2D eigenvalue weighted by Gasteiger charge is -2.25. The number of carboxylic acids is 1. The van der Waals surface area contributed by atoms with E-state index in [0.29, 0.717) is 41.9 Å². The van der Waals surface area contributed by atoms with Gasteiger partial charge in [0.1, 0.15) is 5.75 Å². The molecule has 55 heavy (non-hydrogen) atoms. The standard InChI is InChI=1S/C33H40F3N3O6.C4H8.C3HF3/c1-6-44-30-18-26(27-16-23(22(2)3)11-12-28(27)42-4)24(17-29(30)43-5)21-39(14-8-7-13-33(34,35)36)32-37-19-25(20-38-32)45-15-9-10-31(40)41;1-3-4-2;1-2-3(4,5)6/h7-8,11-12,16-20,22H,6,9-10,13-15,21H2,1-5H3,(H,40,41);3-4H,1-2H3;1H/b8-7+;4-3-;. The summed E-state index contributed by atoms with van der Waals surface area (Å²) in [6.07, 6.45) is 3.79. The van der Waals surface area contributed by atoms with Gasteiger partial charge in [0.05, 0.1) is 46.2 Å². The molecule has 0 atom stereocenters. The van der Waals surface area contributed by atoms with E-state index < -0.39 is 24.7 Å². The molecule has 0 aliphatic carbocycles. The minimum atomic E-state index is -4.43. The van der Waals surface area contributed by atoms with Crippen molar-refractivity contribution in [1.82, 2.24) is 9.97 Å². The van der Waals surface area contributed by atoms with Gasteiger partial charge in [0.2, 0.25) is 5.95 Å². The number of hydrogen-bond acceptors (Lipinski definition) is 8. The van der Waals surface area contributed by atoms with Gasteiger partial charge < -0.3 is 29.0 Å². The Morgan fingerprint density at radius 2 is 1.55 bits per heavy atom. The maximum atomic E-state index is 12.9. The Morgan fingerprint density at radius 1 is 0.927 bits per heavy atom. The number of aliphatic carboxylic acids is 1. The van der Waals surface area contributed by atoms with Crippen LogP contribution in [0.2, 0.25) is 0 Å². The highest BCUT2D eigenvalue weighted by Crippen LogP contribution is 2.41. The molecule has 1 aromatic heterocycles. The van der Waals surface area contributed by atoms with Crippen molar-refractivity contribution in [2.24, 2.45) is 0 Å². The van der Waals surface area contributed by atoms with Crippen LogP contribution in [0.4, 0.5) is 32.3 Å². The first-order valence-corrected chi connectivity index (χ1v) is 17.2. The number of terminal acetylenes is 1. The van der Waals surface area contributed by atoms with Crippen molar-refractivity contribution in [3.8, 4) is 46.5 Å². The van der Waals surface area contributed by atoms with Crippen LogP contribution in [-0.2, 0) is 11.3 Å². The van der Waals surface area contributed by atoms with E-state index in [-0.39, 0.29) is 38.0 Å². The van der Waals surface area contributed by atoms with Crippen LogP contribution in [0, 0.1) is 12.3 Å². The minimum Gasteiger partial charge on any atom is -0.496 e. The lowest BCUT2D eigenvalue weighted by molar-refractivity contribution is -0.137. The summed E-state index contributed by atoms with van der Waals surface area (Å²) in [5, 5.41) is 8.82. The summed E-state index contributed by atoms with van der Waals surface area (Å²) in [5.74, 6) is 2.20. The molecule has 0 amide bonds. The fourth-order valence-electron chi connectivity index (χ4n) is 4.51. The molecule has 0 fully saturated rings. The van der Waals surface area contributed by atoms with Crippen LogP contribution in [0.15, 0.2) is 67.0 Å². The maximum absolute atomic E-state index is 12.9. The molecule has 0 unspecified atom stereocenters. The zero-order valence-electron chi connectivity index (χ0n) is 32.1. The predicted octanol–water partition coefficient (Wildman–Crippen LogP) is 10.2. The Balaban J connectivity index is 0.00000134. The normalized spacial score (nSPS) is 11.3. The molecule has 1 N–H and O–H groups in total. The minimum absolute atomic E-state index is 0.0320. The molecule has 0 radical (unpaired) electrons. The second kappa shape index (κ2) is 24.1. The third kappa shape index (κ3) is 18.5. The number of rotatable bonds is 17. The molecule has 2 aromatic carbocycles. The van der Waals surface area contributed by atoms with Gasteiger partial charge in [0.15, 0.2) is 17.2 Å². The number of carbonyl (C=O) groups is 1. The number of anilines is 1. The summed E-state index contributed by atoms with van der Waals surface area (Å²) in [6.45, 7) is 10.9. The van der Waals surface area contributed by atoms with Crippen molar-refractivity contribution in [3.05, 3.63) is 78.2 Å². The summed E-state index contributed by atoms with van der Waals surface area (Å²) in [5.41, 5.74) is 3.48. The van der Waals surface area contributed by atoms with Gasteiger partial charge in [-0.3, -0.25) is 4.79 Å². The monoisotopic (exact) mass is 781 g/mol. The van der Waals surface area contributed by atoms with Crippen molar-refractivity contribution in [2.45, 2.75) is 78.7 Å². The number of aromatic nitrogens is 2. The number of nitrogens with zero attached hydrogens (tertiary/aromatic N) is 3. The second-order valence-corrected chi connectivity index (χ2v) is 11.8. The van der Waals surface area contributed by atoms with Gasteiger partial charge in [0.25, 0.3) is 0 Å². The number of halogens is 6. The summed E-state index contributed by atoms with van der Waals surface area (Å²) in [6, 6.07) is 9.71. The SMILES string of the molecule is C#CC(F)(F)F.C/C=C\C.CCOc1cc(-c2cc(C(C)C)ccc2OC)c(CN(C/C=C/CC(F)(F)F)c2ncc(OCCCC(=O)O)cn2)cc1OC. The molecule has 0 aliphatic heterocycles. The van der Waals surface area contributed by atoms with E-state index in [0.717, 1.165) is 28.3 Å². The van der Waals surface area contributed by atoms with Crippen molar-refractivity contribution in [3.63, 3.8) is 0 Å². The molecule has 3 rings (SSSR count). The molecule has 0 saturated carbocycles. The van der Waals surface area contributed by atoms with E-state index in [1.54, 1.807) is 12.0 Å². The summed E-state index contributed by atoms with van der Waals surface area (Å²) in [4.78, 5) is 21.3. The first-order chi connectivity index (χ1) is 25.9. The number of ether oxygens (including phenoxy) is 4. The van der Waals surface area contributed by atoms with Gasteiger partial charge in [-0.15, -0.1) is 6.42 Å². The largest absolute Gasteiger partial charge is 0.496 e. The van der Waals surface area contributed by atoms with Crippen LogP contribution in [0.1, 0.15) is 70.9 Å². The topological polar surface area (TPSA) is 103 Å². The number of benzene rings is 2. The first kappa shape index (κ1) is 47.6. The fraction of sp³-hybridized carbons (Fsp3) is 0.425. The summed E-state index contributed by atoms with van der Waals surface area (Å²) >= 11 is 0. The molecule has 15 heteroatoms. The highest BCUT2D eigenvalue weighted by Gasteiger charge is 2.25. The zero-order chi connectivity index (χ0) is 41.6. The molecule has 0 spiro atoms. The lowest BCUT2D eigenvalue weighted by Crippen LogP contribution is -2.25. The van der Waals surface area contributed by atoms with E-state index >= 15 is 0 Å². The number of allylic oxidation sites excluding steroid dienone is 3. The van der Waals surface area contributed by atoms with Crippen molar-refractivity contribution >= 4 is 11.9 Å². The third-order valence-electron chi connectivity index (χ3n) is 7.27. The van der Waals surface area contributed by atoms with Crippen molar-refractivity contribution in [2.75, 3.05) is 38.9 Å². The molecular weight excluding hydrogens is 732 g/mol. The molecule has 9 nitrogen and oxygen atoms in total. The Kier molecular flexibility index (Phi) is 20.9. The number of hydrogen-bond donors (Lipinski definition) is 1. The van der Waals surface area contributed by atoms with E-state index in [2.05, 4.69) is 36.3 Å². The Hall–Kier alpha value is -5.39. The Bertz CT molecular complexity index is 1700. The van der Waals surface area contributed by atoms with Crippen LogP contribution in [0.5, 0.6) is 23.0 Å². The van der Waals surface area contributed by atoms with E-state index in [9.17, 15) is 31.1 Å². The highest BCUT2D eigenvalue weighted by atomic mass is 19.4. The average molecular weight is 782 g/mol. The van der Waals surface area contributed by atoms with Crippen LogP contribution in [0.25, 0.3) is 11.1 Å². The van der Waals surface area contributed by atoms with Crippen LogP contribution >= 0.6 is 0 Å². The number of carboxylic acid groups (broad SMARTS) is 1. The number of methoxy groups -OCH3 is 2.